The predicted molar refractivity (Wildman–Crippen MR) is 88.2 cm³/mol. The summed E-state index contributed by atoms with van der Waals surface area (Å²) >= 11 is 0. The average Bonchev–Trinajstić information content (AvgIpc) is 2.97. The highest BCUT2D eigenvalue weighted by atomic mass is 16.2. The average molecular weight is 314 g/mol. The lowest BCUT2D eigenvalue weighted by Gasteiger charge is -2.32. The predicted octanol–water partition coefficient (Wildman–Crippen LogP) is 2.00. The van der Waals surface area contributed by atoms with Gasteiger partial charge in [0.1, 0.15) is 6.33 Å². The van der Waals surface area contributed by atoms with Gasteiger partial charge in [-0.2, -0.15) is 0 Å². The molecule has 23 heavy (non-hydrogen) atoms. The molecular weight excluding hydrogens is 292 g/mol. The molecule has 1 aromatic carbocycles. The van der Waals surface area contributed by atoms with Crippen molar-refractivity contribution in [2.75, 3.05) is 18.5 Å². The van der Waals surface area contributed by atoms with E-state index in [0.717, 1.165) is 11.0 Å². The van der Waals surface area contributed by atoms with E-state index in [2.05, 4.69) is 10.4 Å². The highest BCUT2D eigenvalue weighted by Crippen LogP contribution is 2.20. The number of benzene rings is 1. The molecule has 1 saturated heterocycles. The number of rotatable bonds is 3. The van der Waals surface area contributed by atoms with Gasteiger partial charge in [-0.1, -0.05) is 26.0 Å². The van der Waals surface area contributed by atoms with Crippen molar-refractivity contribution >= 4 is 22.8 Å². The summed E-state index contributed by atoms with van der Waals surface area (Å²) < 4.78 is 1.67. The number of nitrogens with zero attached hydrogens (tertiary/aromatic N) is 3. The second-order valence-corrected chi connectivity index (χ2v) is 6.33. The Balaban J connectivity index is 1.61. The van der Waals surface area contributed by atoms with Gasteiger partial charge in [0.25, 0.3) is 0 Å². The van der Waals surface area contributed by atoms with Crippen molar-refractivity contribution in [2.24, 2.45) is 11.8 Å². The molecule has 0 atom stereocenters. The van der Waals surface area contributed by atoms with Crippen molar-refractivity contribution in [1.82, 2.24) is 14.6 Å². The van der Waals surface area contributed by atoms with Crippen LogP contribution in [0.2, 0.25) is 0 Å². The van der Waals surface area contributed by atoms with Crippen LogP contribution < -0.4 is 5.43 Å². The molecule has 0 spiro atoms. The fourth-order valence-electron chi connectivity index (χ4n) is 2.99. The van der Waals surface area contributed by atoms with Crippen LogP contribution in [0.3, 0.4) is 0 Å². The molecule has 3 rings (SSSR count). The summed E-state index contributed by atoms with van der Waals surface area (Å²) in [6, 6.07) is 7.67. The maximum absolute atomic E-state index is 12.5. The molecule has 1 aliphatic heterocycles. The molecule has 122 valence electrons. The van der Waals surface area contributed by atoms with E-state index < -0.39 is 0 Å². The Labute approximate surface area is 135 Å². The van der Waals surface area contributed by atoms with Gasteiger partial charge in [0.05, 0.1) is 11.0 Å². The molecule has 1 N–H and O–H groups in total. The monoisotopic (exact) mass is 314 g/mol. The number of hydrogen-bond acceptors (Lipinski definition) is 3. The van der Waals surface area contributed by atoms with E-state index in [0.29, 0.717) is 25.9 Å². The van der Waals surface area contributed by atoms with Crippen molar-refractivity contribution in [2.45, 2.75) is 26.7 Å². The minimum atomic E-state index is -0.0626. The van der Waals surface area contributed by atoms with Crippen molar-refractivity contribution in [3.8, 4) is 0 Å². The summed E-state index contributed by atoms with van der Waals surface area (Å²) in [5.74, 6) is 0.110. The van der Waals surface area contributed by atoms with Crippen molar-refractivity contribution < 1.29 is 9.59 Å². The van der Waals surface area contributed by atoms with Crippen LogP contribution in [0, 0.1) is 11.8 Å². The van der Waals surface area contributed by atoms with Gasteiger partial charge in [-0.15, -0.1) is 0 Å². The molecule has 2 amide bonds. The fourth-order valence-corrected chi connectivity index (χ4v) is 2.99. The van der Waals surface area contributed by atoms with Crippen LogP contribution in [0.4, 0.5) is 0 Å². The molecule has 0 aliphatic carbocycles. The van der Waals surface area contributed by atoms with Crippen molar-refractivity contribution in [1.29, 1.82) is 0 Å². The lowest BCUT2D eigenvalue weighted by atomic mass is 9.95. The number of carbonyl (C=O) groups excluding carboxylic acids is 2. The Hall–Kier alpha value is -2.37. The van der Waals surface area contributed by atoms with Crippen LogP contribution in [0.1, 0.15) is 26.7 Å². The van der Waals surface area contributed by atoms with E-state index >= 15 is 0 Å². The number of imidazole rings is 1. The number of likely N-dealkylation sites (tertiary alicyclic amines) is 1. The van der Waals surface area contributed by atoms with Gasteiger partial charge in [0, 0.05) is 24.9 Å². The van der Waals surface area contributed by atoms with E-state index in [-0.39, 0.29) is 23.7 Å². The Morgan fingerprint density at radius 2 is 1.91 bits per heavy atom. The zero-order chi connectivity index (χ0) is 16.4. The first-order chi connectivity index (χ1) is 11.1. The molecule has 0 unspecified atom stereocenters. The number of para-hydroxylation sites is 2. The minimum Gasteiger partial charge on any atom is -0.342 e. The van der Waals surface area contributed by atoms with E-state index in [1.165, 1.54) is 0 Å². The molecule has 6 nitrogen and oxygen atoms in total. The summed E-state index contributed by atoms with van der Waals surface area (Å²) in [6.45, 7) is 5.12. The fraction of sp³-hybridized carbons (Fsp3) is 0.471. The van der Waals surface area contributed by atoms with Crippen molar-refractivity contribution in [3.05, 3.63) is 30.6 Å². The maximum atomic E-state index is 12.5. The van der Waals surface area contributed by atoms with Gasteiger partial charge in [-0.3, -0.25) is 15.0 Å². The quantitative estimate of drug-likeness (QED) is 0.942. The number of amides is 2. The van der Waals surface area contributed by atoms with Crippen molar-refractivity contribution in [3.63, 3.8) is 0 Å². The van der Waals surface area contributed by atoms with Crippen LogP contribution >= 0.6 is 0 Å². The second kappa shape index (κ2) is 6.40. The van der Waals surface area contributed by atoms with E-state index in [9.17, 15) is 9.59 Å². The molecule has 0 radical (unpaired) electrons. The lowest BCUT2D eigenvalue weighted by Crippen LogP contribution is -2.43. The molecule has 1 aliphatic rings. The number of fused-ring (bicyclic) bond motifs is 1. The molecule has 2 aromatic rings. The molecule has 6 heteroatoms. The van der Waals surface area contributed by atoms with Crippen LogP contribution in [0.25, 0.3) is 11.0 Å². The van der Waals surface area contributed by atoms with Crippen LogP contribution in [0.15, 0.2) is 30.6 Å². The van der Waals surface area contributed by atoms with E-state index in [4.69, 9.17) is 0 Å². The summed E-state index contributed by atoms with van der Waals surface area (Å²) in [5, 5.41) is 0. The van der Waals surface area contributed by atoms with Gasteiger partial charge < -0.3 is 4.90 Å². The number of aromatic nitrogens is 2. The Morgan fingerprint density at radius 3 is 2.61 bits per heavy atom. The smallest absolute Gasteiger partial charge is 0.242 e. The van der Waals surface area contributed by atoms with Crippen LogP contribution in [-0.2, 0) is 9.59 Å². The second-order valence-electron chi connectivity index (χ2n) is 6.33. The van der Waals surface area contributed by atoms with E-state index in [1.807, 2.05) is 43.0 Å². The number of nitrogens with one attached hydrogen (secondary N) is 1. The standard InChI is InChI=1S/C17H22N4O2/c1-12(2)17(23)20-9-7-13(8-10-20)16(22)19-21-11-18-14-5-3-4-6-15(14)21/h3-6,11-13H,7-10H2,1-2H3,(H,19,22). The zero-order valence-corrected chi connectivity index (χ0v) is 13.5. The third kappa shape index (κ3) is 3.21. The minimum absolute atomic E-state index is 0.00945. The maximum Gasteiger partial charge on any atom is 0.242 e. The summed E-state index contributed by atoms with van der Waals surface area (Å²) in [4.78, 5) is 30.6. The lowest BCUT2D eigenvalue weighted by molar-refractivity contribution is -0.137. The normalized spacial score (nSPS) is 16.0. The van der Waals surface area contributed by atoms with Gasteiger partial charge in [0.2, 0.25) is 11.8 Å². The first-order valence-electron chi connectivity index (χ1n) is 8.08. The third-order valence-electron chi connectivity index (χ3n) is 4.36. The SMILES string of the molecule is CC(C)C(=O)N1CCC(C(=O)Nn2cnc3ccccc32)CC1. The largest absolute Gasteiger partial charge is 0.342 e. The van der Waals surface area contributed by atoms with Crippen LogP contribution in [0.5, 0.6) is 0 Å². The zero-order valence-electron chi connectivity index (χ0n) is 13.5. The molecule has 0 saturated carbocycles. The van der Waals surface area contributed by atoms with Gasteiger partial charge in [-0.05, 0) is 25.0 Å². The first kappa shape index (κ1) is 15.5. The molecule has 2 heterocycles. The summed E-state index contributed by atoms with van der Waals surface area (Å²) in [7, 11) is 0. The third-order valence-corrected chi connectivity index (χ3v) is 4.36. The van der Waals surface area contributed by atoms with E-state index in [1.54, 1.807) is 11.0 Å². The van der Waals surface area contributed by atoms with Gasteiger partial charge in [-0.25, -0.2) is 9.66 Å². The first-order valence-corrected chi connectivity index (χ1v) is 8.08. The molecule has 1 fully saturated rings. The topological polar surface area (TPSA) is 67.2 Å². The Morgan fingerprint density at radius 1 is 1.22 bits per heavy atom. The summed E-state index contributed by atoms with van der Waals surface area (Å²) in [6.07, 6.45) is 3.04. The Kier molecular flexibility index (Phi) is 4.32. The summed E-state index contributed by atoms with van der Waals surface area (Å²) in [5.41, 5.74) is 4.65. The highest BCUT2D eigenvalue weighted by Gasteiger charge is 2.28. The number of hydrogen-bond donors (Lipinski definition) is 1. The molecule has 0 bridgehead atoms. The van der Waals surface area contributed by atoms with Crippen LogP contribution in [-0.4, -0.2) is 39.5 Å². The van der Waals surface area contributed by atoms with Gasteiger partial charge >= 0.3 is 0 Å². The van der Waals surface area contributed by atoms with Gasteiger partial charge in [0.15, 0.2) is 0 Å². The number of piperidine rings is 1. The molecule has 1 aromatic heterocycles. The molecular formula is C17H22N4O2. The highest BCUT2D eigenvalue weighted by molar-refractivity contribution is 5.88. The number of carbonyl (C=O) groups is 2. The Bertz CT molecular complexity index is 714.